The Morgan fingerprint density at radius 2 is 2.47 bits per heavy atom. The van der Waals surface area contributed by atoms with Gasteiger partial charge in [-0.3, -0.25) is 4.98 Å². The summed E-state index contributed by atoms with van der Waals surface area (Å²) in [5, 5.41) is 3.58. The van der Waals surface area contributed by atoms with Gasteiger partial charge in [-0.2, -0.15) is 0 Å². The molecule has 2 nitrogen and oxygen atoms in total. The van der Waals surface area contributed by atoms with Crippen LogP contribution in [0.25, 0.3) is 0 Å². The fraction of sp³-hybridized carbons (Fsp3) is 0.308. The highest BCUT2D eigenvalue weighted by Crippen LogP contribution is 2.39. The van der Waals surface area contributed by atoms with Gasteiger partial charge in [0.2, 0.25) is 0 Å². The van der Waals surface area contributed by atoms with Crippen LogP contribution in [0.2, 0.25) is 4.34 Å². The molecule has 1 atom stereocenters. The lowest BCUT2D eigenvalue weighted by molar-refractivity contribution is 0.529. The molecule has 1 unspecified atom stereocenters. The second-order valence-electron chi connectivity index (χ2n) is 4.26. The average molecular weight is 265 g/mol. The van der Waals surface area contributed by atoms with E-state index in [9.17, 15) is 0 Å². The third-order valence-electron chi connectivity index (χ3n) is 3.12. The lowest BCUT2D eigenvalue weighted by Gasteiger charge is -2.12. The standard InChI is InChI=1S/C13H13ClN2S/c14-13-6-10-11(3-4-12(10)17-13)16-8-9-2-1-5-15-7-9/h1-2,5-7,11,16H,3-4,8H2. The Morgan fingerprint density at radius 3 is 3.29 bits per heavy atom. The molecule has 2 heterocycles. The largest absolute Gasteiger partial charge is 0.306 e. The first-order valence-corrected chi connectivity index (χ1v) is 6.93. The maximum absolute atomic E-state index is 6.04. The van der Waals surface area contributed by atoms with Gasteiger partial charge in [0.1, 0.15) is 0 Å². The maximum atomic E-state index is 6.04. The highest BCUT2D eigenvalue weighted by atomic mass is 35.5. The zero-order chi connectivity index (χ0) is 11.7. The highest BCUT2D eigenvalue weighted by molar-refractivity contribution is 7.16. The van der Waals surface area contributed by atoms with Gasteiger partial charge in [-0.25, -0.2) is 0 Å². The SMILES string of the molecule is Clc1cc2c(s1)CCC2NCc1cccnc1. The zero-order valence-electron chi connectivity index (χ0n) is 9.32. The topological polar surface area (TPSA) is 24.9 Å². The van der Waals surface area contributed by atoms with Gasteiger partial charge in [0.25, 0.3) is 0 Å². The molecule has 0 radical (unpaired) electrons. The summed E-state index contributed by atoms with van der Waals surface area (Å²) >= 11 is 7.76. The number of halogens is 1. The first kappa shape index (κ1) is 11.2. The second-order valence-corrected chi connectivity index (χ2v) is 6.03. The Kier molecular flexibility index (Phi) is 3.14. The van der Waals surface area contributed by atoms with Crippen LogP contribution in [-0.2, 0) is 13.0 Å². The number of thiophene rings is 1. The van der Waals surface area contributed by atoms with Gasteiger partial charge in [0.15, 0.2) is 0 Å². The molecule has 0 bridgehead atoms. The smallest absolute Gasteiger partial charge is 0.0934 e. The Morgan fingerprint density at radius 1 is 1.53 bits per heavy atom. The molecule has 88 valence electrons. The van der Waals surface area contributed by atoms with Crippen molar-refractivity contribution in [2.24, 2.45) is 0 Å². The minimum Gasteiger partial charge on any atom is -0.306 e. The summed E-state index contributed by atoms with van der Waals surface area (Å²) in [6.45, 7) is 0.866. The highest BCUT2D eigenvalue weighted by Gasteiger charge is 2.24. The van der Waals surface area contributed by atoms with E-state index >= 15 is 0 Å². The van der Waals surface area contributed by atoms with Crippen LogP contribution in [0.5, 0.6) is 0 Å². The van der Waals surface area contributed by atoms with E-state index in [0.29, 0.717) is 6.04 Å². The molecule has 0 saturated heterocycles. The van der Waals surface area contributed by atoms with Crippen molar-refractivity contribution in [3.05, 3.63) is 50.9 Å². The first-order valence-electron chi connectivity index (χ1n) is 5.73. The van der Waals surface area contributed by atoms with Crippen LogP contribution in [0.1, 0.15) is 28.5 Å². The molecule has 2 aromatic rings. The zero-order valence-corrected chi connectivity index (χ0v) is 10.9. The summed E-state index contributed by atoms with van der Waals surface area (Å²) in [6, 6.07) is 6.62. The number of hydrogen-bond donors (Lipinski definition) is 1. The van der Waals surface area contributed by atoms with Crippen molar-refractivity contribution in [3.8, 4) is 0 Å². The van der Waals surface area contributed by atoms with Crippen molar-refractivity contribution < 1.29 is 0 Å². The van der Waals surface area contributed by atoms with Gasteiger partial charge in [0.05, 0.1) is 4.34 Å². The number of nitrogens with zero attached hydrogens (tertiary/aromatic N) is 1. The van der Waals surface area contributed by atoms with Crippen LogP contribution in [0.15, 0.2) is 30.6 Å². The van der Waals surface area contributed by atoms with E-state index in [1.165, 1.54) is 22.4 Å². The number of rotatable bonds is 3. The first-order chi connectivity index (χ1) is 8.33. The van der Waals surface area contributed by atoms with Crippen LogP contribution < -0.4 is 5.32 Å². The third kappa shape index (κ3) is 2.37. The van der Waals surface area contributed by atoms with Crippen molar-refractivity contribution in [2.45, 2.75) is 25.4 Å². The summed E-state index contributed by atoms with van der Waals surface area (Å²) in [7, 11) is 0. The Labute approximate surface area is 110 Å². The van der Waals surface area contributed by atoms with E-state index in [4.69, 9.17) is 11.6 Å². The lowest BCUT2D eigenvalue weighted by atomic mass is 10.1. The van der Waals surface area contributed by atoms with Crippen LogP contribution in [-0.4, -0.2) is 4.98 Å². The summed E-state index contributed by atoms with van der Waals surface area (Å²) in [5.41, 5.74) is 2.62. The molecule has 4 heteroatoms. The van der Waals surface area contributed by atoms with Gasteiger partial charge in [-0.15, -0.1) is 11.3 Å². The summed E-state index contributed by atoms with van der Waals surface area (Å²) < 4.78 is 0.905. The molecule has 0 fully saturated rings. The summed E-state index contributed by atoms with van der Waals surface area (Å²) in [4.78, 5) is 5.56. The number of nitrogens with one attached hydrogen (secondary N) is 1. The number of aromatic nitrogens is 1. The minimum absolute atomic E-state index is 0.453. The van der Waals surface area contributed by atoms with Crippen molar-refractivity contribution in [3.63, 3.8) is 0 Å². The van der Waals surface area contributed by atoms with Crippen molar-refractivity contribution in [2.75, 3.05) is 0 Å². The fourth-order valence-electron chi connectivity index (χ4n) is 2.29. The molecule has 1 aliphatic carbocycles. The molecule has 0 saturated carbocycles. The van der Waals surface area contributed by atoms with E-state index in [0.717, 1.165) is 17.3 Å². The van der Waals surface area contributed by atoms with Crippen molar-refractivity contribution >= 4 is 22.9 Å². The second kappa shape index (κ2) is 4.77. The maximum Gasteiger partial charge on any atom is 0.0934 e. The van der Waals surface area contributed by atoms with E-state index in [1.807, 2.05) is 12.3 Å². The molecule has 2 aromatic heterocycles. The number of fused-ring (bicyclic) bond motifs is 1. The molecule has 17 heavy (non-hydrogen) atoms. The Bertz CT molecular complexity index is 509. The van der Waals surface area contributed by atoms with Gasteiger partial charge in [0, 0.05) is 29.9 Å². The van der Waals surface area contributed by atoms with E-state index in [2.05, 4.69) is 22.4 Å². The molecule has 1 N–H and O–H groups in total. The van der Waals surface area contributed by atoms with Crippen molar-refractivity contribution in [1.29, 1.82) is 0 Å². The predicted octanol–water partition coefficient (Wildman–Crippen LogP) is 3.57. The molecule has 0 aromatic carbocycles. The van der Waals surface area contributed by atoms with Gasteiger partial charge in [-0.1, -0.05) is 17.7 Å². The van der Waals surface area contributed by atoms with Gasteiger partial charge in [-0.05, 0) is 36.1 Å². The van der Waals surface area contributed by atoms with Crippen LogP contribution in [0.4, 0.5) is 0 Å². The Balaban J connectivity index is 1.68. The molecule has 0 amide bonds. The molecular formula is C13H13ClN2S. The quantitative estimate of drug-likeness (QED) is 0.917. The monoisotopic (exact) mass is 264 g/mol. The van der Waals surface area contributed by atoms with Crippen LogP contribution >= 0.6 is 22.9 Å². The Hall–Kier alpha value is -0.900. The number of hydrogen-bond acceptors (Lipinski definition) is 3. The normalized spacial score (nSPS) is 18.3. The molecule has 1 aliphatic rings. The van der Waals surface area contributed by atoms with Gasteiger partial charge < -0.3 is 5.32 Å². The summed E-state index contributed by atoms with van der Waals surface area (Å²) in [6.07, 6.45) is 6.04. The average Bonchev–Trinajstić information content (AvgIpc) is 2.87. The lowest BCUT2D eigenvalue weighted by Crippen LogP contribution is -2.18. The third-order valence-corrected chi connectivity index (χ3v) is 4.46. The number of aryl methyl sites for hydroxylation is 1. The minimum atomic E-state index is 0.453. The molecule has 3 rings (SSSR count). The molecular weight excluding hydrogens is 252 g/mol. The predicted molar refractivity (Wildman–Crippen MR) is 71.5 cm³/mol. The van der Waals surface area contributed by atoms with Crippen molar-refractivity contribution in [1.82, 2.24) is 10.3 Å². The van der Waals surface area contributed by atoms with Gasteiger partial charge >= 0.3 is 0 Å². The fourth-order valence-corrected chi connectivity index (χ4v) is 3.64. The molecule has 0 spiro atoms. The summed E-state index contributed by atoms with van der Waals surface area (Å²) in [5.74, 6) is 0. The number of pyridine rings is 1. The van der Waals surface area contributed by atoms with Crippen LogP contribution in [0, 0.1) is 0 Å². The van der Waals surface area contributed by atoms with E-state index < -0.39 is 0 Å². The van der Waals surface area contributed by atoms with E-state index in [1.54, 1.807) is 17.5 Å². The van der Waals surface area contributed by atoms with Crippen LogP contribution in [0.3, 0.4) is 0 Å². The van der Waals surface area contributed by atoms with E-state index in [-0.39, 0.29) is 0 Å². The molecule has 0 aliphatic heterocycles.